The first-order valence-corrected chi connectivity index (χ1v) is 8.63. The van der Waals surface area contributed by atoms with Gasteiger partial charge in [-0.05, 0) is 34.1 Å². The molecule has 0 saturated carbocycles. The first-order valence-electron chi connectivity index (χ1n) is 7.46. The Hall–Kier alpha value is -2.91. The number of pyridine rings is 2. The number of rotatable bonds is 6. The number of aromatic nitrogens is 2. The van der Waals surface area contributed by atoms with Crippen molar-refractivity contribution in [2.24, 2.45) is 0 Å². The first-order chi connectivity index (χ1) is 12.9. The highest BCUT2D eigenvalue weighted by molar-refractivity contribution is 9.10. The summed E-state index contributed by atoms with van der Waals surface area (Å²) < 4.78 is 5.85. The number of carboxylic acid groups (broad SMARTS) is 1. The minimum atomic E-state index is -1.25. The van der Waals surface area contributed by atoms with Crippen LogP contribution in [0.1, 0.15) is 0 Å². The Morgan fingerprint density at radius 2 is 2.00 bits per heavy atom. The van der Waals surface area contributed by atoms with Gasteiger partial charge in [0, 0.05) is 11.5 Å². The lowest BCUT2D eigenvalue weighted by molar-refractivity contribution is -0.136. The standard InChI is InChI=1S/C17H11BrClN3O5/c18-16-14-9(15(26)17(21-16)22(8-23)7-13(24)25)5-6-12(20-14)27-11-4-2-1-3-10(11)19/h1-6,8,26H,7H2,(H,24,25). The van der Waals surface area contributed by atoms with E-state index in [1.54, 1.807) is 24.3 Å². The third-order valence-corrected chi connectivity index (χ3v) is 4.36. The molecule has 2 N–H and O–H groups in total. The van der Waals surface area contributed by atoms with Crippen LogP contribution in [0.2, 0.25) is 5.02 Å². The Labute approximate surface area is 166 Å². The van der Waals surface area contributed by atoms with Gasteiger partial charge in [0.05, 0.1) is 5.02 Å². The molecule has 2 heterocycles. The molecule has 0 unspecified atom stereocenters. The van der Waals surface area contributed by atoms with Crippen LogP contribution in [0.5, 0.6) is 17.4 Å². The molecule has 0 aliphatic heterocycles. The van der Waals surface area contributed by atoms with Crippen LogP contribution in [0, 0.1) is 0 Å². The second-order valence-electron chi connectivity index (χ2n) is 5.28. The molecule has 3 rings (SSSR count). The molecule has 2 aromatic heterocycles. The molecule has 0 radical (unpaired) electrons. The second-order valence-corrected chi connectivity index (χ2v) is 6.44. The summed E-state index contributed by atoms with van der Waals surface area (Å²) in [6.45, 7) is -0.650. The SMILES string of the molecule is O=CN(CC(=O)O)c1nc(Br)c2nc(Oc3ccccc3Cl)ccc2c1O. The molecule has 138 valence electrons. The number of benzene rings is 1. The van der Waals surface area contributed by atoms with E-state index in [4.69, 9.17) is 21.4 Å². The number of hydrogen-bond donors (Lipinski definition) is 2. The van der Waals surface area contributed by atoms with E-state index in [1.165, 1.54) is 12.1 Å². The predicted molar refractivity (Wildman–Crippen MR) is 101 cm³/mol. The number of carbonyl (C=O) groups is 2. The van der Waals surface area contributed by atoms with E-state index < -0.39 is 12.5 Å². The maximum absolute atomic E-state index is 11.2. The first kappa shape index (κ1) is 18.9. The maximum atomic E-state index is 11.2. The number of anilines is 1. The zero-order valence-corrected chi connectivity index (χ0v) is 15.8. The number of amides is 1. The number of fused-ring (bicyclic) bond motifs is 1. The van der Waals surface area contributed by atoms with Crippen LogP contribution in [0.15, 0.2) is 41.0 Å². The van der Waals surface area contributed by atoms with E-state index in [0.717, 1.165) is 4.90 Å². The predicted octanol–water partition coefficient (Wildman–Crippen LogP) is 3.59. The van der Waals surface area contributed by atoms with Crippen molar-refractivity contribution in [1.29, 1.82) is 0 Å². The molecule has 1 amide bonds. The molecular weight excluding hydrogens is 442 g/mol. The van der Waals surface area contributed by atoms with Crippen LogP contribution in [0.3, 0.4) is 0 Å². The summed E-state index contributed by atoms with van der Waals surface area (Å²) in [5, 5.41) is 20.0. The van der Waals surface area contributed by atoms with Gasteiger partial charge in [-0.2, -0.15) is 0 Å². The average molecular weight is 453 g/mol. The molecule has 0 spiro atoms. The van der Waals surface area contributed by atoms with Crippen molar-refractivity contribution in [3.8, 4) is 17.4 Å². The highest BCUT2D eigenvalue weighted by Crippen LogP contribution is 2.37. The fourth-order valence-corrected chi connectivity index (χ4v) is 2.96. The molecule has 0 fully saturated rings. The monoisotopic (exact) mass is 451 g/mol. The van der Waals surface area contributed by atoms with Gasteiger partial charge in [-0.1, -0.05) is 23.7 Å². The van der Waals surface area contributed by atoms with Gasteiger partial charge in [-0.15, -0.1) is 0 Å². The molecule has 0 saturated heterocycles. The summed E-state index contributed by atoms with van der Waals surface area (Å²) in [4.78, 5) is 31.2. The molecule has 1 aromatic carbocycles. The third-order valence-electron chi connectivity index (χ3n) is 3.49. The number of halogens is 2. The maximum Gasteiger partial charge on any atom is 0.323 e. The Kier molecular flexibility index (Phi) is 5.43. The third kappa shape index (κ3) is 3.93. The lowest BCUT2D eigenvalue weighted by Gasteiger charge is -2.17. The van der Waals surface area contributed by atoms with Crippen molar-refractivity contribution in [2.45, 2.75) is 0 Å². The van der Waals surface area contributed by atoms with Crippen molar-refractivity contribution in [1.82, 2.24) is 9.97 Å². The van der Waals surface area contributed by atoms with Gasteiger partial charge in [-0.3, -0.25) is 14.5 Å². The summed E-state index contributed by atoms with van der Waals surface area (Å²) in [7, 11) is 0. The van der Waals surface area contributed by atoms with E-state index in [-0.39, 0.29) is 39.4 Å². The topological polar surface area (TPSA) is 113 Å². The normalized spacial score (nSPS) is 10.6. The van der Waals surface area contributed by atoms with E-state index in [2.05, 4.69) is 25.9 Å². The van der Waals surface area contributed by atoms with E-state index in [0.29, 0.717) is 10.8 Å². The van der Waals surface area contributed by atoms with E-state index >= 15 is 0 Å². The Balaban J connectivity index is 2.04. The summed E-state index contributed by atoms with van der Waals surface area (Å²) in [6.07, 6.45) is 0.275. The number of para-hydroxylation sites is 1. The van der Waals surface area contributed by atoms with Gasteiger partial charge < -0.3 is 14.9 Å². The summed E-state index contributed by atoms with van der Waals surface area (Å²) >= 11 is 9.28. The molecule has 8 nitrogen and oxygen atoms in total. The zero-order chi connectivity index (χ0) is 19.6. The van der Waals surface area contributed by atoms with Gasteiger partial charge in [0.25, 0.3) is 0 Å². The highest BCUT2D eigenvalue weighted by atomic mass is 79.9. The molecular formula is C17H11BrClN3O5. The Morgan fingerprint density at radius 3 is 2.67 bits per heavy atom. The number of hydrogen-bond acceptors (Lipinski definition) is 6. The highest BCUT2D eigenvalue weighted by Gasteiger charge is 2.21. The molecule has 3 aromatic rings. The number of ether oxygens (including phenoxy) is 1. The number of nitrogens with zero attached hydrogens (tertiary/aromatic N) is 3. The molecule has 0 aliphatic rings. The molecule has 10 heteroatoms. The number of carboxylic acids is 1. The lowest BCUT2D eigenvalue weighted by atomic mass is 10.2. The number of aromatic hydroxyl groups is 1. The second kappa shape index (κ2) is 7.77. The number of carbonyl (C=O) groups excluding carboxylic acids is 1. The van der Waals surface area contributed by atoms with Gasteiger partial charge in [0.15, 0.2) is 11.6 Å². The Bertz CT molecular complexity index is 1050. The van der Waals surface area contributed by atoms with Gasteiger partial charge >= 0.3 is 5.97 Å². The lowest BCUT2D eigenvalue weighted by Crippen LogP contribution is -2.29. The van der Waals surface area contributed by atoms with E-state index in [1.807, 2.05) is 0 Å². The minimum absolute atomic E-state index is 0.201. The van der Waals surface area contributed by atoms with Gasteiger partial charge in [0.2, 0.25) is 12.3 Å². The molecule has 27 heavy (non-hydrogen) atoms. The van der Waals surface area contributed by atoms with Crippen molar-refractivity contribution in [2.75, 3.05) is 11.4 Å². The van der Waals surface area contributed by atoms with Crippen molar-refractivity contribution < 1.29 is 24.5 Å². The van der Waals surface area contributed by atoms with E-state index in [9.17, 15) is 14.7 Å². The molecule has 0 aliphatic carbocycles. The molecule has 0 atom stereocenters. The molecule has 0 bridgehead atoms. The van der Waals surface area contributed by atoms with Gasteiger partial charge in [-0.25, -0.2) is 9.97 Å². The largest absolute Gasteiger partial charge is 0.504 e. The van der Waals surface area contributed by atoms with Crippen LogP contribution in [-0.4, -0.2) is 39.1 Å². The smallest absolute Gasteiger partial charge is 0.323 e. The van der Waals surface area contributed by atoms with Crippen LogP contribution in [0.4, 0.5) is 5.82 Å². The van der Waals surface area contributed by atoms with Crippen LogP contribution >= 0.6 is 27.5 Å². The fraction of sp³-hybridized carbons (Fsp3) is 0.0588. The van der Waals surface area contributed by atoms with Crippen molar-refractivity contribution in [3.05, 3.63) is 46.0 Å². The van der Waals surface area contributed by atoms with Crippen molar-refractivity contribution in [3.63, 3.8) is 0 Å². The van der Waals surface area contributed by atoms with Gasteiger partial charge in [0.1, 0.15) is 22.4 Å². The summed E-state index contributed by atoms with van der Waals surface area (Å²) in [5.74, 6) is -1.21. The minimum Gasteiger partial charge on any atom is -0.504 e. The Morgan fingerprint density at radius 1 is 1.26 bits per heavy atom. The quantitative estimate of drug-likeness (QED) is 0.434. The van der Waals surface area contributed by atoms with Crippen LogP contribution in [-0.2, 0) is 9.59 Å². The average Bonchev–Trinajstić information content (AvgIpc) is 2.64. The van der Waals surface area contributed by atoms with Crippen LogP contribution in [0.25, 0.3) is 10.9 Å². The zero-order valence-electron chi connectivity index (χ0n) is 13.5. The number of aliphatic carboxylic acids is 1. The van der Waals surface area contributed by atoms with Crippen molar-refractivity contribution >= 4 is 56.6 Å². The summed E-state index contributed by atoms with van der Waals surface area (Å²) in [6, 6.07) is 9.89. The summed E-state index contributed by atoms with van der Waals surface area (Å²) in [5.41, 5.74) is 0.266. The fourth-order valence-electron chi connectivity index (χ4n) is 2.31. The van der Waals surface area contributed by atoms with Crippen LogP contribution < -0.4 is 9.64 Å².